The van der Waals surface area contributed by atoms with Crippen molar-refractivity contribution in [1.82, 2.24) is 9.78 Å². The van der Waals surface area contributed by atoms with Crippen LogP contribution in [0.5, 0.6) is 5.75 Å². The number of benzene rings is 2. The van der Waals surface area contributed by atoms with Crippen molar-refractivity contribution in [3.8, 4) is 5.75 Å². The van der Waals surface area contributed by atoms with Crippen molar-refractivity contribution >= 4 is 23.2 Å². The summed E-state index contributed by atoms with van der Waals surface area (Å²) in [5, 5.41) is 8.09. The number of carbonyl (C=O) groups excluding carboxylic acids is 1. The second-order valence-corrected chi connectivity index (χ2v) is 7.33. The molecule has 0 spiro atoms. The van der Waals surface area contributed by atoms with Crippen LogP contribution < -0.4 is 10.1 Å². The summed E-state index contributed by atoms with van der Waals surface area (Å²) >= 11 is 5.97. The minimum absolute atomic E-state index is 0.235. The van der Waals surface area contributed by atoms with Crippen molar-refractivity contribution in [2.45, 2.75) is 40.3 Å². The van der Waals surface area contributed by atoms with Crippen LogP contribution in [0.2, 0.25) is 5.02 Å². The Morgan fingerprint density at radius 1 is 1.18 bits per heavy atom. The van der Waals surface area contributed by atoms with E-state index in [0.717, 1.165) is 22.6 Å². The standard InChI is InChI=1S/C22H24ClN3O2/c1-14-8-10-18(11-9-14)13-26-16(3)21(15(2)25-26)24-22(27)17(4)28-20-7-5-6-19(23)12-20/h5-12,17H,13H2,1-4H3,(H,24,27)/t17-/m0/s1. The van der Waals surface area contributed by atoms with Crippen LogP contribution in [0.4, 0.5) is 5.69 Å². The predicted octanol–water partition coefficient (Wildman–Crippen LogP) is 4.92. The van der Waals surface area contributed by atoms with Gasteiger partial charge in [0.25, 0.3) is 5.91 Å². The molecule has 3 rings (SSSR count). The lowest BCUT2D eigenvalue weighted by atomic mass is 10.1. The van der Waals surface area contributed by atoms with E-state index >= 15 is 0 Å². The third-order valence-corrected chi connectivity index (χ3v) is 4.80. The van der Waals surface area contributed by atoms with Crippen LogP contribution in [0.25, 0.3) is 0 Å². The number of aromatic nitrogens is 2. The van der Waals surface area contributed by atoms with Gasteiger partial charge in [0.1, 0.15) is 5.75 Å². The van der Waals surface area contributed by atoms with Crippen molar-refractivity contribution in [3.63, 3.8) is 0 Å². The SMILES string of the molecule is Cc1ccc(Cn2nc(C)c(NC(=O)[C@H](C)Oc3cccc(Cl)c3)c2C)cc1. The molecule has 3 aromatic rings. The molecule has 0 aliphatic rings. The van der Waals surface area contributed by atoms with E-state index in [9.17, 15) is 4.79 Å². The van der Waals surface area contributed by atoms with Crippen molar-refractivity contribution in [1.29, 1.82) is 0 Å². The molecule has 2 aromatic carbocycles. The van der Waals surface area contributed by atoms with Crippen LogP contribution in [-0.4, -0.2) is 21.8 Å². The molecule has 28 heavy (non-hydrogen) atoms. The van der Waals surface area contributed by atoms with Gasteiger partial charge in [-0.05, 0) is 51.5 Å². The van der Waals surface area contributed by atoms with Gasteiger partial charge in [-0.15, -0.1) is 0 Å². The number of amides is 1. The maximum atomic E-state index is 12.6. The van der Waals surface area contributed by atoms with Gasteiger partial charge in [-0.3, -0.25) is 9.48 Å². The van der Waals surface area contributed by atoms with E-state index in [-0.39, 0.29) is 5.91 Å². The maximum Gasteiger partial charge on any atom is 0.265 e. The molecule has 146 valence electrons. The van der Waals surface area contributed by atoms with Gasteiger partial charge < -0.3 is 10.1 Å². The highest BCUT2D eigenvalue weighted by Crippen LogP contribution is 2.22. The molecule has 0 bridgehead atoms. The normalized spacial score (nSPS) is 11.9. The highest BCUT2D eigenvalue weighted by Gasteiger charge is 2.19. The molecular weight excluding hydrogens is 374 g/mol. The number of hydrogen-bond acceptors (Lipinski definition) is 3. The molecule has 0 saturated carbocycles. The minimum atomic E-state index is -0.669. The zero-order valence-corrected chi connectivity index (χ0v) is 17.2. The molecule has 0 radical (unpaired) electrons. The number of halogens is 1. The third kappa shape index (κ3) is 4.73. The minimum Gasteiger partial charge on any atom is -0.481 e. The molecule has 1 N–H and O–H groups in total. The van der Waals surface area contributed by atoms with Gasteiger partial charge in [0.15, 0.2) is 6.10 Å². The number of carbonyl (C=O) groups is 1. The number of anilines is 1. The van der Waals surface area contributed by atoms with Crippen LogP contribution in [-0.2, 0) is 11.3 Å². The van der Waals surface area contributed by atoms with Gasteiger partial charge in [-0.1, -0.05) is 47.5 Å². The molecule has 1 atom stereocenters. The van der Waals surface area contributed by atoms with Gasteiger partial charge >= 0.3 is 0 Å². The zero-order valence-electron chi connectivity index (χ0n) is 16.5. The lowest BCUT2D eigenvalue weighted by Gasteiger charge is -2.15. The van der Waals surface area contributed by atoms with Gasteiger partial charge in [0.05, 0.1) is 23.6 Å². The molecule has 0 unspecified atom stereocenters. The van der Waals surface area contributed by atoms with E-state index in [1.165, 1.54) is 5.56 Å². The van der Waals surface area contributed by atoms with Crippen molar-refractivity contribution in [2.24, 2.45) is 0 Å². The highest BCUT2D eigenvalue weighted by atomic mass is 35.5. The summed E-state index contributed by atoms with van der Waals surface area (Å²) in [6, 6.07) is 15.3. The van der Waals surface area contributed by atoms with Gasteiger partial charge in [0, 0.05) is 5.02 Å². The first-order chi connectivity index (χ1) is 13.3. The Hall–Kier alpha value is -2.79. The third-order valence-electron chi connectivity index (χ3n) is 4.56. The van der Waals surface area contributed by atoms with Crippen molar-refractivity contribution in [2.75, 3.05) is 5.32 Å². The van der Waals surface area contributed by atoms with Gasteiger partial charge in [-0.2, -0.15) is 5.10 Å². The quantitative estimate of drug-likeness (QED) is 0.642. The number of ether oxygens (including phenoxy) is 1. The van der Waals surface area contributed by atoms with Crippen LogP contribution in [0, 0.1) is 20.8 Å². The second kappa shape index (κ2) is 8.48. The van der Waals surface area contributed by atoms with Crippen LogP contribution in [0.3, 0.4) is 0 Å². The number of nitrogens with one attached hydrogen (secondary N) is 1. The Labute approximate surface area is 170 Å². The molecule has 5 nitrogen and oxygen atoms in total. The molecule has 1 amide bonds. The summed E-state index contributed by atoms with van der Waals surface area (Å²) in [7, 11) is 0. The Bertz CT molecular complexity index is 980. The van der Waals surface area contributed by atoms with E-state index in [1.54, 1.807) is 31.2 Å². The summed E-state index contributed by atoms with van der Waals surface area (Å²) in [4.78, 5) is 12.6. The monoisotopic (exact) mass is 397 g/mol. The topological polar surface area (TPSA) is 56.2 Å². The van der Waals surface area contributed by atoms with E-state index < -0.39 is 6.10 Å². The molecule has 1 heterocycles. The predicted molar refractivity (Wildman–Crippen MR) is 112 cm³/mol. The molecule has 0 saturated heterocycles. The Morgan fingerprint density at radius 2 is 1.89 bits per heavy atom. The Morgan fingerprint density at radius 3 is 2.57 bits per heavy atom. The summed E-state index contributed by atoms with van der Waals surface area (Å²) < 4.78 is 7.60. The number of rotatable bonds is 6. The fraction of sp³-hybridized carbons (Fsp3) is 0.273. The fourth-order valence-electron chi connectivity index (χ4n) is 2.92. The maximum absolute atomic E-state index is 12.6. The fourth-order valence-corrected chi connectivity index (χ4v) is 3.10. The van der Waals surface area contributed by atoms with E-state index in [4.69, 9.17) is 16.3 Å². The lowest BCUT2D eigenvalue weighted by molar-refractivity contribution is -0.122. The number of nitrogens with zero attached hydrogens (tertiary/aromatic N) is 2. The van der Waals surface area contributed by atoms with E-state index in [2.05, 4.69) is 41.6 Å². The van der Waals surface area contributed by atoms with Crippen molar-refractivity contribution < 1.29 is 9.53 Å². The molecule has 1 aromatic heterocycles. The number of hydrogen-bond donors (Lipinski definition) is 1. The van der Waals surface area contributed by atoms with Gasteiger partial charge in [-0.25, -0.2) is 0 Å². The van der Waals surface area contributed by atoms with Crippen LogP contribution in [0.1, 0.15) is 29.4 Å². The average molecular weight is 398 g/mol. The van der Waals surface area contributed by atoms with E-state index in [1.807, 2.05) is 18.5 Å². The average Bonchev–Trinajstić information content (AvgIpc) is 2.91. The van der Waals surface area contributed by atoms with E-state index in [0.29, 0.717) is 17.3 Å². The smallest absolute Gasteiger partial charge is 0.265 e. The second-order valence-electron chi connectivity index (χ2n) is 6.90. The summed E-state index contributed by atoms with van der Waals surface area (Å²) in [5.74, 6) is 0.319. The lowest BCUT2D eigenvalue weighted by Crippen LogP contribution is -2.30. The molecule has 0 aliphatic heterocycles. The first-order valence-electron chi connectivity index (χ1n) is 9.16. The Kier molecular flexibility index (Phi) is 6.05. The zero-order chi connectivity index (χ0) is 20.3. The molecular formula is C22H24ClN3O2. The van der Waals surface area contributed by atoms with Gasteiger partial charge in [0.2, 0.25) is 0 Å². The molecule has 6 heteroatoms. The van der Waals surface area contributed by atoms with Crippen molar-refractivity contribution in [3.05, 3.63) is 76.1 Å². The largest absolute Gasteiger partial charge is 0.481 e. The molecule has 0 fully saturated rings. The summed E-state index contributed by atoms with van der Waals surface area (Å²) in [6.45, 7) is 8.26. The van der Waals surface area contributed by atoms with Crippen LogP contribution in [0.15, 0.2) is 48.5 Å². The molecule has 0 aliphatic carbocycles. The summed E-state index contributed by atoms with van der Waals surface area (Å²) in [5.41, 5.74) is 4.78. The summed E-state index contributed by atoms with van der Waals surface area (Å²) in [6.07, 6.45) is -0.669. The Balaban J connectivity index is 1.70. The highest BCUT2D eigenvalue weighted by molar-refractivity contribution is 6.30. The number of aryl methyl sites for hydroxylation is 2. The first kappa shape index (κ1) is 20.0. The van der Waals surface area contributed by atoms with Crippen LogP contribution >= 0.6 is 11.6 Å². The first-order valence-corrected chi connectivity index (χ1v) is 9.54.